The van der Waals surface area contributed by atoms with E-state index in [9.17, 15) is 4.79 Å². The first kappa shape index (κ1) is 28.4. The fraction of sp³-hybridized carbons (Fsp3) is 0.517. The zero-order chi connectivity index (χ0) is 28.1. The molecule has 40 heavy (non-hydrogen) atoms. The van der Waals surface area contributed by atoms with Crippen LogP contribution in [0.25, 0.3) is 0 Å². The number of amides is 1. The summed E-state index contributed by atoms with van der Waals surface area (Å²) in [4.78, 5) is 30.6. The lowest BCUT2D eigenvalue weighted by Gasteiger charge is -2.36. The summed E-state index contributed by atoms with van der Waals surface area (Å²) in [5.41, 5.74) is 2.82. The van der Waals surface area contributed by atoms with E-state index < -0.39 is 0 Å². The van der Waals surface area contributed by atoms with Crippen molar-refractivity contribution >= 4 is 40.8 Å². The summed E-state index contributed by atoms with van der Waals surface area (Å²) >= 11 is 1.52. The largest absolute Gasteiger partial charge is 0.354 e. The predicted octanol–water partition coefficient (Wildman–Crippen LogP) is 4.52. The van der Waals surface area contributed by atoms with Crippen LogP contribution in [0.15, 0.2) is 40.4 Å². The van der Waals surface area contributed by atoms with E-state index in [0.29, 0.717) is 5.16 Å². The van der Waals surface area contributed by atoms with Gasteiger partial charge in [-0.05, 0) is 76.8 Å². The van der Waals surface area contributed by atoms with Crippen molar-refractivity contribution in [3.63, 3.8) is 0 Å². The minimum absolute atomic E-state index is 0.135. The van der Waals surface area contributed by atoms with E-state index in [2.05, 4.69) is 56.5 Å². The van der Waals surface area contributed by atoms with E-state index in [-0.39, 0.29) is 11.8 Å². The van der Waals surface area contributed by atoms with Gasteiger partial charge in [0.25, 0.3) is 0 Å². The molecule has 1 amide bonds. The van der Waals surface area contributed by atoms with Gasteiger partial charge in [-0.3, -0.25) is 14.8 Å². The summed E-state index contributed by atoms with van der Waals surface area (Å²) in [5, 5.41) is 14.5. The quantitative estimate of drug-likeness (QED) is 0.307. The maximum absolute atomic E-state index is 12.5. The third-order valence-corrected chi connectivity index (χ3v) is 8.52. The Hall–Kier alpha value is -3.15. The number of aromatic nitrogens is 4. The van der Waals surface area contributed by atoms with Crippen LogP contribution in [0.3, 0.4) is 0 Å². The molecule has 2 aliphatic rings. The Labute approximate surface area is 241 Å². The van der Waals surface area contributed by atoms with Gasteiger partial charge in [0.15, 0.2) is 11.0 Å². The van der Waals surface area contributed by atoms with Crippen LogP contribution < -0.4 is 15.5 Å². The topological polar surface area (TPSA) is 105 Å². The molecule has 5 rings (SSSR count). The highest BCUT2D eigenvalue weighted by atomic mass is 32.2. The van der Waals surface area contributed by atoms with Gasteiger partial charge < -0.3 is 20.4 Å². The molecular weight excluding hydrogens is 522 g/mol. The van der Waals surface area contributed by atoms with Gasteiger partial charge in [-0.1, -0.05) is 12.8 Å². The number of H-pyrrole nitrogens is 1. The zero-order valence-corrected chi connectivity index (χ0v) is 24.9. The first-order valence-corrected chi connectivity index (χ1v) is 15.0. The smallest absolute Gasteiger partial charge is 0.227 e. The Balaban J connectivity index is 1.32. The molecule has 1 aromatic carbocycles. The molecule has 1 aliphatic heterocycles. The zero-order valence-electron chi connectivity index (χ0n) is 24.0. The van der Waals surface area contributed by atoms with E-state index in [0.717, 1.165) is 104 Å². The number of anilines is 4. The molecule has 1 saturated carbocycles. The fourth-order valence-corrected chi connectivity index (χ4v) is 5.98. The molecule has 2 aromatic heterocycles. The highest BCUT2D eigenvalue weighted by Gasteiger charge is 2.24. The number of aryl methyl sites for hydroxylation is 1. The van der Waals surface area contributed by atoms with Gasteiger partial charge in [0, 0.05) is 73.1 Å². The molecule has 1 saturated heterocycles. The van der Waals surface area contributed by atoms with E-state index in [1.807, 2.05) is 37.3 Å². The minimum atomic E-state index is 0.135. The van der Waals surface area contributed by atoms with Gasteiger partial charge in [-0.2, -0.15) is 5.10 Å². The lowest BCUT2D eigenvalue weighted by molar-refractivity contribution is -0.119. The van der Waals surface area contributed by atoms with Crippen molar-refractivity contribution in [1.82, 2.24) is 30.0 Å². The number of aromatic amines is 1. The first-order valence-electron chi connectivity index (χ1n) is 14.2. The molecule has 0 unspecified atom stereocenters. The normalized spacial score (nSPS) is 16.6. The number of hydrogen-bond donors (Lipinski definition) is 3. The van der Waals surface area contributed by atoms with Crippen LogP contribution in [0, 0.1) is 19.8 Å². The lowest BCUT2D eigenvalue weighted by atomic mass is 10.1. The number of benzene rings is 1. The van der Waals surface area contributed by atoms with Crippen molar-refractivity contribution < 1.29 is 4.79 Å². The minimum Gasteiger partial charge on any atom is -0.354 e. The van der Waals surface area contributed by atoms with Crippen LogP contribution in [0.1, 0.15) is 36.9 Å². The fourth-order valence-electron chi connectivity index (χ4n) is 5.23. The summed E-state index contributed by atoms with van der Waals surface area (Å²) in [7, 11) is 4.24. The van der Waals surface area contributed by atoms with Gasteiger partial charge in [0.2, 0.25) is 5.91 Å². The van der Waals surface area contributed by atoms with E-state index >= 15 is 0 Å². The number of nitrogens with zero attached hydrogens (tertiary/aromatic N) is 6. The van der Waals surface area contributed by atoms with Gasteiger partial charge in [-0.25, -0.2) is 9.97 Å². The molecule has 0 spiro atoms. The molecule has 10 nitrogen and oxygen atoms in total. The molecule has 1 aliphatic carbocycles. The van der Waals surface area contributed by atoms with E-state index in [4.69, 9.17) is 9.97 Å². The summed E-state index contributed by atoms with van der Waals surface area (Å²) in [5.74, 6) is 2.73. The third kappa shape index (κ3) is 7.32. The van der Waals surface area contributed by atoms with Crippen LogP contribution in [-0.4, -0.2) is 89.2 Å². The maximum Gasteiger partial charge on any atom is 0.227 e. The Bertz CT molecular complexity index is 1280. The maximum atomic E-state index is 12.5. The molecule has 214 valence electrons. The average Bonchev–Trinajstić information content (AvgIpc) is 3.63. The van der Waals surface area contributed by atoms with Gasteiger partial charge in [-0.15, -0.1) is 0 Å². The molecule has 0 atom stereocenters. The monoisotopic (exact) mass is 563 g/mol. The highest BCUT2D eigenvalue weighted by molar-refractivity contribution is 7.99. The average molecular weight is 564 g/mol. The van der Waals surface area contributed by atoms with E-state index in [1.54, 1.807) is 0 Å². The van der Waals surface area contributed by atoms with Crippen molar-refractivity contribution in [2.75, 3.05) is 68.9 Å². The molecule has 11 heteroatoms. The molecule has 3 heterocycles. The highest BCUT2D eigenvalue weighted by Crippen LogP contribution is 2.33. The summed E-state index contributed by atoms with van der Waals surface area (Å²) in [6.07, 6.45) is 4.28. The Kier molecular flexibility index (Phi) is 9.23. The number of likely N-dealkylation sites (N-methyl/N-ethyl adjacent to an activating group) is 1. The van der Waals surface area contributed by atoms with Crippen molar-refractivity contribution in [2.45, 2.75) is 49.6 Å². The lowest BCUT2D eigenvalue weighted by Crippen LogP contribution is -2.48. The number of nitrogens with one attached hydrogen (secondary N) is 3. The summed E-state index contributed by atoms with van der Waals surface area (Å²) in [6.45, 7) is 10.1. The van der Waals surface area contributed by atoms with Crippen LogP contribution in [0.5, 0.6) is 0 Å². The number of rotatable bonds is 10. The molecule has 2 fully saturated rings. The van der Waals surface area contributed by atoms with Gasteiger partial charge in [0.1, 0.15) is 11.6 Å². The molecule has 3 N–H and O–H groups in total. The van der Waals surface area contributed by atoms with Crippen LogP contribution in [0.4, 0.5) is 23.1 Å². The van der Waals surface area contributed by atoms with Crippen molar-refractivity contribution in [3.05, 3.63) is 41.6 Å². The number of piperazine rings is 1. The van der Waals surface area contributed by atoms with Crippen molar-refractivity contribution in [3.8, 4) is 0 Å². The predicted molar refractivity (Wildman–Crippen MR) is 162 cm³/mol. The number of hydrogen-bond acceptors (Lipinski definition) is 9. The summed E-state index contributed by atoms with van der Waals surface area (Å²) < 4.78 is 0. The Morgan fingerprint density at radius 1 is 1.07 bits per heavy atom. The second kappa shape index (κ2) is 13.0. The standard InChI is InChI=1S/C29H41N9OS/c1-20-19-25(35-34-20)31-26-21(2)27(38-17-15-37(16-18-38)14-13-36(3)4)33-29(32-26)40-24-11-9-23(10-12-24)30-28(39)22-7-5-6-8-22/h9-12,19,22H,5-8,13-18H2,1-4H3,(H,30,39)(H2,31,32,33,34,35). The van der Waals surface area contributed by atoms with Crippen molar-refractivity contribution in [2.24, 2.45) is 5.92 Å². The second-order valence-electron chi connectivity index (χ2n) is 11.1. The second-order valence-corrected chi connectivity index (χ2v) is 12.1. The molecule has 0 radical (unpaired) electrons. The summed E-state index contributed by atoms with van der Waals surface area (Å²) in [6, 6.07) is 9.93. The first-order chi connectivity index (χ1) is 19.3. The molecular formula is C29H41N9OS. The van der Waals surface area contributed by atoms with Crippen LogP contribution in [0.2, 0.25) is 0 Å². The number of carbonyl (C=O) groups excluding carboxylic acids is 1. The van der Waals surface area contributed by atoms with Crippen molar-refractivity contribution in [1.29, 1.82) is 0 Å². The van der Waals surface area contributed by atoms with Crippen LogP contribution in [-0.2, 0) is 4.79 Å². The Morgan fingerprint density at radius 3 is 2.45 bits per heavy atom. The van der Waals surface area contributed by atoms with E-state index in [1.165, 1.54) is 11.8 Å². The SMILES string of the molecule is Cc1cc(Nc2nc(Sc3ccc(NC(=O)C4CCCC4)cc3)nc(N3CCN(CCN(C)C)CC3)c2C)n[nH]1. The third-order valence-electron chi connectivity index (χ3n) is 7.64. The Morgan fingerprint density at radius 2 is 1.80 bits per heavy atom. The van der Waals surface area contributed by atoms with Crippen LogP contribution >= 0.6 is 11.8 Å². The number of carbonyl (C=O) groups is 1. The van der Waals surface area contributed by atoms with Gasteiger partial charge >= 0.3 is 0 Å². The van der Waals surface area contributed by atoms with Gasteiger partial charge in [0.05, 0.1) is 0 Å². The molecule has 0 bridgehead atoms. The molecule has 3 aromatic rings.